The average Bonchev–Trinajstić information content (AvgIpc) is 3.01. The molecule has 5 nitrogen and oxygen atoms in total. The van der Waals surface area contributed by atoms with Crippen LogP contribution in [-0.2, 0) is 11.3 Å². The van der Waals surface area contributed by atoms with Crippen LogP contribution in [0.4, 0.5) is 0 Å². The summed E-state index contributed by atoms with van der Waals surface area (Å²) < 4.78 is 10.9. The lowest BCUT2D eigenvalue weighted by Gasteiger charge is -2.40. The summed E-state index contributed by atoms with van der Waals surface area (Å²) in [4.78, 5) is 2.39. The quantitative estimate of drug-likeness (QED) is 0.919. The summed E-state index contributed by atoms with van der Waals surface area (Å²) in [5.41, 5.74) is 1.66. The molecule has 1 aromatic rings. The van der Waals surface area contributed by atoms with Crippen molar-refractivity contribution < 1.29 is 14.6 Å². The van der Waals surface area contributed by atoms with Crippen molar-refractivity contribution in [1.82, 2.24) is 4.90 Å². The summed E-state index contributed by atoms with van der Waals surface area (Å²) in [5.74, 6) is 0.907. The van der Waals surface area contributed by atoms with Crippen LogP contribution >= 0.6 is 0 Å². The molecule has 0 bridgehead atoms. The standard InChI is InChI=1S/C18H24N2O3/c1-22-18-6-5-13(9-14(18)10-19)11-20-7-8-23-12-16(20)15-3-2-4-17(15)21/h5-6,9,15-17,21H,2-4,7-8,11-12H2,1H3. The molecule has 124 valence electrons. The van der Waals surface area contributed by atoms with E-state index in [0.29, 0.717) is 23.8 Å². The summed E-state index contributed by atoms with van der Waals surface area (Å²) in [6.45, 7) is 3.04. The van der Waals surface area contributed by atoms with Gasteiger partial charge in [0.15, 0.2) is 0 Å². The monoisotopic (exact) mass is 316 g/mol. The van der Waals surface area contributed by atoms with Crippen LogP contribution in [0.25, 0.3) is 0 Å². The van der Waals surface area contributed by atoms with Gasteiger partial charge in [-0.25, -0.2) is 0 Å². The fourth-order valence-corrected chi connectivity index (χ4v) is 3.84. The Bertz CT molecular complexity index is 584. The Morgan fingerprint density at radius 1 is 1.43 bits per heavy atom. The van der Waals surface area contributed by atoms with Crippen molar-refractivity contribution in [2.75, 3.05) is 26.9 Å². The highest BCUT2D eigenvalue weighted by molar-refractivity contribution is 5.45. The van der Waals surface area contributed by atoms with Crippen LogP contribution in [0, 0.1) is 17.2 Å². The second-order valence-corrected chi connectivity index (χ2v) is 6.42. The van der Waals surface area contributed by atoms with Crippen molar-refractivity contribution in [1.29, 1.82) is 5.26 Å². The van der Waals surface area contributed by atoms with Gasteiger partial charge in [0.25, 0.3) is 0 Å². The van der Waals surface area contributed by atoms with E-state index < -0.39 is 0 Å². The Morgan fingerprint density at radius 2 is 2.30 bits per heavy atom. The van der Waals surface area contributed by atoms with Gasteiger partial charge in [-0.2, -0.15) is 5.26 Å². The zero-order chi connectivity index (χ0) is 16.2. The molecule has 5 heteroatoms. The van der Waals surface area contributed by atoms with Gasteiger partial charge in [0.05, 0.1) is 32.0 Å². The normalized spacial score (nSPS) is 28.5. The number of morpholine rings is 1. The minimum absolute atomic E-state index is 0.213. The minimum atomic E-state index is -0.213. The summed E-state index contributed by atoms with van der Waals surface area (Å²) in [7, 11) is 1.58. The average molecular weight is 316 g/mol. The summed E-state index contributed by atoms with van der Waals surface area (Å²) in [5, 5.41) is 19.5. The number of ether oxygens (including phenoxy) is 2. The molecular weight excluding hydrogens is 292 g/mol. The van der Waals surface area contributed by atoms with Gasteiger partial charge >= 0.3 is 0 Å². The predicted molar refractivity (Wildman–Crippen MR) is 86.1 cm³/mol. The molecule has 0 amide bonds. The molecule has 23 heavy (non-hydrogen) atoms. The van der Waals surface area contributed by atoms with Crippen LogP contribution in [0.3, 0.4) is 0 Å². The predicted octanol–water partition coefficient (Wildman–Crippen LogP) is 1.93. The molecule has 0 radical (unpaired) electrons. The topological polar surface area (TPSA) is 65.7 Å². The van der Waals surface area contributed by atoms with Crippen LogP contribution in [0.1, 0.15) is 30.4 Å². The number of benzene rings is 1. The Morgan fingerprint density at radius 3 is 3.00 bits per heavy atom. The number of hydrogen-bond acceptors (Lipinski definition) is 5. The van der Waals surface area contributed by atoms with E-state index in [4.69, 9.17) is 9.47 Å². The van der Waals surface area contributed by atoms with Crippen LogP contribution in [-0.4, -0.2) is 49.0 Å². The number of aliphatic hydroxyl groups excluding tert-OH is 1. The first-order chi connectivity index (χ1) is 11.2. The zero-order valence-corrected chi connectivity index (χ0v) is 13.6. The molecule has 3 rings (SSSR count). The highest BCUT2D eigenvalue weighted by Gasteiger charge is 2.37. The third kappa shape index (κ3) is 3.50. The van der Waals surface area contributed by atoms with Gasteiger partial charge in [-0.05, 0) is 30.5 Å². The molecule has 2 aliphatic rings. The largest absolute Gasteiger partial charge is 0.495 e. The lowest BCUT2D eigenvalue weighted by atomic mass is 9.93. The minimum Gasteiger partial charge on any atom is -0.495 e. The number of methoxy groups -OCH3 is 1. The van der Waals surface area contributed by atoms with Crippen molar-refractivity contribution in [3.05, 3.63) is 29.3 Å². The van der Waals surface area contributed by atoms with Gasteiger partial charge in [-0.3, -0.25) is 4.90 Å². The second kappa shape index (κ2) is 7.31. The van der Waals surface area contributed by atoms with Crippen molar-refractivity contribution in [2.45, 2.75) is 38.0 Å². The van der Waals surface area contributed by atoms with Crippen LogP contribution < -0.4 is 4.74 Å². The fourth-order valence-electron chi connectivity index (χ4n) is 3.84. The number of hydrogen-bond donors (Lipinski definition) is 1. The molecule has 0 spiro atoms. The molecule has 1 aromatic carbocycles. The van der Waals surface area contributed by atoms with E-state index in [1.807, 2.05) is 18.2 Å². The smallest absolute Gasteiger partial charge is 0.136 e. The second-order valence-electron chi connectivity index (χ2n) is 6.42. The van der Waals surface area contributed by atoms with Gasteiger partial charge in [0.2, 0.25) is 0 Å². The van der Waals surface area contributed by atoms with Crippen molar-refractivity contribution in [3.63, 3.8) is 0 Å². The molecule has 1 aliphatic carbocycles. The van der Waals surface area contributed by atoms with Crippen LogP contribution in [0.15, 0.2) is 18.2 Å². The van der Waals surface area contributed by atoms with Crippen LogP contribution in [0.5, 0.6) is 5.75 Å². The van der Waals surface area contributed by atoms with E-state index in [-0.39, 0.29) is 12.1 Å². The van der Waals surface area contributed by atoms with Crippen molar-refractivity contribution >= 4 is 0 Å². The lowest BCUT2D eigenvalue weighted by Crippen LogP contribution is -2.50. The Balaban J connectivity index is 1.75. The molecular formula is C18H24N2O3. The first kappa shape index (κ1) is 16.3. The van der Waals surface area contributed by atoms with Gasteiger partial charge in [0.1, 0.15) is 11.8 Å². The number of aliphatic hydroxyl groups is 1. The Kier molecular flexibility index (Phi) is 5.16. The highest BCUT2D eigenvalue weighted by atomic mass is 16.5. The Hall–Kier alpha value is -1.61. The molecule has 1 aliphatic heterocycles. The molecule has 2 fully saturated rings. The molecule has 3 unspecified atom stereocenters. The van der Waals surface area contributed by atoms with E-state index in [1.165, 1.54) is 0 Å². The number of nitrogens with zero attached hydrogens (tertiary/aromatic N) is 2. The lowest BCUT2D eigenvalue weighted by molar-refractivity contribution is -0.0536. The van der Waals surface area contributed by atoms with Gasteiger partial charge in [0, 0.05) is 25.0 Å². The van der Waals surface area contributed by atoms with Gasteiger partial charge < -0.3 is 14.6 Å². The molecule has 1 saturated heterocycles. The molecule has 3 atom stereocenters. The van der Waals surface area contributed by atoms with E-state index in [1.54, 1.807) is 7.11 Å². The first-order valence-corrected chi connectivity index (χ1v) is 8.30. The number of nitriles is 1. The zero-order valence-electron chi connectivity index (χ0n) is 13.6. The molecule has 1 saturated carbocycles. The SMILES string of the molecule is COc1ccc(CN2CCOCC2C2CCCC2O)cc1C#N. The first-order valence-electron chi connectivity index (χ1n) is 8.30. The van der Waals surface area contributed by atoms with E-state index in [0.717, 1.165) is 44.5 Å². The van der Waals surface area contributed by atoms with E-state index >= 15 is 0 Å². The Labute approximate surface area is 137 Å². The van der Waals surface area contributed by atoms with E-state index in [9.17, 15) is 10.4 Å². The highest BCUT2D eigenvalue weighted by Crippen LogP contribution is 2.33. The molecule has 0 aromatic heterocycles. The fraction of sp³-hybridized carbons (Fsp3) is 0.611. The summed E-state index contributed by atoms with van der Waals surface area (Å²) in [6, 6.07) is 8.21. The van der Waals surface area contributed by atoms with E-state index in [2.05, 4.69) is 11.0 Å². The van der Waals surface area contributed by atoms with Crippen molar-refractivity contribution in [2.24, 2.45) is 5.92 Å². The van der Waals surface area contributed by atoms with Gasteiger partial charge in [-0.15, -0.1) is 0 Å². The maximum absolute atomic E-state index is 10.2. The molecule has 1 heterocycles. The van der Waals surface area contributed by atoms with Gasteiger partial charge in [-0.1, -0.05) is 12.5 Å². The van der Waals surface area contributed by atoms with Crippen LogP contribution in [0.2, 0.25) is 0 Å². The summed E-state index contributed by atoms with van der Waals surface area (Å²) >= 11 is 0. The maximum atomic E-state index is 10.2. The maximum Gasteiger partial charge on any atom is 0.136 e. The third-order valence-corrected chi connectivity index (χ3v) is 5.08. The third-order valence-electron chi connectivity index (χ3n) is 5.08. The molecule has 1 N–H and O–H groups in total. The van der Waals surface area contributed by atoms with Crippen molar-refractivity contribution in [3.8, 4) is 11.8 Å². The number of rotatable bonds is 4. The summed E-state index contributed by atoms with van der Waals surface area (Å²) in [6.07, 6.45) is 2.85.